The molecule has 70 valence electrons. The SMILES string of the molecule is CC.CNC.Cc1ccncn1. The average molecular weight is 169 g/mol. The Hall–Kier alpha value is -0.960. The molecule has 0 aliphatic carbocycles. The molecule has 0 spiro atoms. The van der Waals surface area contributed by atoms with E-state index in [0.29, 0.717) is 0 Å². The largest absolute Gasteiger partial charge is 0.323 e. The molecule has 3 heteroatoms. The molecule has 0 saturated carbocycles. The summed E-state index contributed by atoms with van der Waals surface area (Å²) in [7, 11) is 3.75. The maximum atomic E-state index is 3.87. The molecule has 1 rings (SSSR count). The van der Waals surface area contributed by atoms with Crippen molar-refractivity contribution in [3.05, 3.63) is 24.3 Å². The van der Waals surface area contributed by atoms with Crippen LogP contribution >= 0.6 is 0 Å². The summed E-state index contributed by atoms with van der Waals surface area (Å²) in [4.78, 5) is 7.60. The average Bonchev–Trinajstić information content (AvgIpc) is 2.11. The maximum absolute atomic E-state index is 3.87. The van der Waals surface area contributed by atoms with Gasteiger partial charge in [-0.05, 0) is 27.1 Å². The van der Waals surface area contributed by atoms with E-state index in [1.165, 1.54) is 6.33 Å². The second-order valence-corrected chi connectivity index (χ2v) is 1.85. The van der Waals surface area contributed by atoms with Crippen LogP contribution in [0.25, 0.3) is 0 Å². The van der Waals surface area contributed by atoms with Crippen molar-refractivity contribution in [2.75, 3.05) is 14.1 Å². The van der Waals surface area contributed by atoms with Crippen LogP contribution in [-0.2, 0) is 0 Å². The smallest absolute Gasteiger partial charge is 0.115 e. The van der Waals surface area contributed by atoms with Gasteiger partial charge in [-0.2, -0.15) is 0 Å². The van der Waals surface area contributed by atoms with Gasteiger partial charge in [0, 0.05) is 11.9 Å². The molecule has 1 heterocycles. The van der Waals surface area contributed by atoms with Crippen molar-refractivity contribution in [2.24, 2.45) is 0 Å². The number of nitrogens with zero attached hydrogens (tertiary/aromatic N) is 2. The molecule has 0 aromatic carbocycles. The summed E-state index contributed by atoms with van der Waals surface area (Å²) in [5, 5.41) is 2.75. The first-order valence-corrected chi connectivity index (χ1v) is 4.12. The summed E-state index contributed by atoms with van der Waals surface area (Å²) < 4.78 is 0. The molecule has 0 saturated heterocycles. The van der Waals surface area contributed by atoms with Gasteiger partial charge in [0.15, 0.2) is 0 Å². The van der Waals surface area contributed by atoms with Crippen molar-refractivity contribution >= 4 is 0 Å². The Morgan fingerprint density at radius 1 is 1.25 bits per heavy atom. The Morgan fingerprint density at radius 3 is 1.92 bits per heavy atom. The van der Waals surface area contributed by atoms with E-state index in [1.54, 1.807) is 6.20 Å². The number of hydrogen-bond donors (Lipinski definition) is 1. The van der Waals surface area contributed by atoms with Gasteiger partial charge in [-0.15, -0.1) is 0 Å². The molecule has 0 fully saturated rings. The molecular formula is C9H19N3. The van der Waals surface area contributed by atoms with Crippen molar-refractivity contribution in [1.29, 1.82) is 0 Å². The third-order valence-electron chi connectivity index (χ3n) is 0.730. The molecule has 0 atom stereocenters. The van der Waals surface area contributed by atoms with Crippen molar-refractivity contribution in [3.63, 3.8) is 0 Å². The summed E-state index contributed by atoms with van der Waals surface area (Å²) in [6.07, 6.45) is 3.26. The Balaban J connectivity index is 0. The van der Waals surface area contributed by atoms with Crippen LogP contribution in [0.1, 0.15) is 19.5 Å². The molecular weight excluding hydrogens is 150 g/mol. The van der Waals surface area contributed by atoms with E-state index in [2.05, 4.69) is 15.3 Å². The highest BCUT2D eigenvalue weighted by molar-refractivity contribution is 4.92. The number of nitrogens with one attached hydrogen (secondary N) is 1. The van der Waals surface area contributed by atoms with Crippen LogP contribution in [0.4, 0.5) is 0 Å². The lowest BCUT2D eigenvalue weighted by atomic mass is 10.5. The third kappa shape index (κ3) is 11.8. The van der Waals surface area contributed by atoms with Gasteiger partial charge >= 0.3 is 0 Å². The molecule has 1 N–H and O–H groups in total. The van der Waals surface area contributed by atoms with Gasteiger partial charge in [-0.3, -0.25) is 0 Å². The van der Waals surface area contributed by atoms with Crippen LogP contribution in [-0.4, -0.2) is 24.1 Å². The van der Waals surface area contributed by atoms with E-state index in [0.717, 1.165) is 5.69 Å². The highest BCUT2D eigenvalue weighted by atomic mass is 14.8. The molecule has 0 aliphatic heterocycles. The fraction of sp³-hybridized carbons (Fsp3) is 0.556. The highest BCUT2D eigenvalue weighted by Crippen LogP contribution is 1.82. The monoisotopic (exact) mass is 169 g/mol. The molecule has 0 aliphatic rings. The van der Waals surface area contributed by atoms with E-state index in [1.807, 2.05) is 40.9 Å². The zero-order valence-electron chi connectivity index (χ0n) is 8.63. The molecule has 0 radical (unpaired) electrons. The summed E-state index contributed by atoms with van der Waals surface area (Å²) in [5.41, 5.74) is 1.01. The number of aromatic nitrogens is 2. The van der Waals surface area contributed by atoms with Crippen molar-refractivity contribution < 1.29 is 0 Å². The lowest BCUT2D eigenvalue weighted by Gasteiger charge is -1.81. The molecule has 12 heavy (non-hydrogen) atoms. The number of rotatable bonds is 0. The minimum absolute atomic E-state index is 1.01. The van der Waals surface area contributed by atoms with Crippen LogP contribution in [0.15, 0.2) is 18.6 Å². The van der Waals surface area contributed by atoms with E-state index >= 15 is 0 Å². The topological polar surface area (TPSA) is 37.8 Å². The minimum Gasteiger partial charge on any atom is -0.323 e. The van der Waals surface area contributed by atoms with E-state index in [9.17, 15) is 0 Å². The first kappa shape index (κ1) is 13.6. The molecule has 0 amide bonds. The molecule has 3 nitrogen and oxygen atoms in total. The van der Waals surface area contributed by atoms with Gasteiger partial charge in [-0.25, -0.2) is 9.97 Å². The second-order valence-electron chi connectivity index (χ2n) is 1.85. The van der Waals surface area contributed by atoms with Crippen molar-refractivity contribution in [2.45, 2.75) is 20.8 Å². The maximum Gasteiger partial charge on any atom is 0.115 e. The Morgan fingerprint density at radius 2 is 1.75 bits per heavy atom. The van der Waals surface area contributed by atoms with Crippen molar-refractivity contribution in [1.82, 2.24) is 15.3 Å². The highest BCUT2D eigenvalue weighted by Gasteiger charge is 1.74. The normalized spacial score (nSPS) is 7.08. The molecule has 1 aromatic heterocycles. The summed E-state index contributed by atoms with van der Waals surface area (Å²) in [5.74, 6) is 0. The van der Waals surface area contributed by atoms with Gasteiger partial charge in [0.2, 0.25) is 0 Å². The van der Waals surface area contributed by atoms with Gasteiger partial charge < -0.3 is 5.32 Å². The molecule has 1 aromatic rings. The number of hydrogen-bond acceptors (Lipinski definition) is 3. The van der Waals surface area contributed by atoms with Crippen LogP contribution < -0.4 is 5.32 Å². The standard InChI is InChI=1S/C5H6N2.C2H7N.C2H6/c1-5-2-3-6-4-7-5;1-3-2;1-2/h2-4H,1H3;3H,1-2H3;1-2H3. The predicted octanol–water partition coefficient (Wildman–Crippen LogP) is 1.65. The minimum atomic E-state index is 1.01. The van der Waals surface area contributed by atoms with Gasteiger partial charge in [-0.1, -0.05) is 13.8 Å². The Kier molecular flexibility index (Phi) is 14.4. The zero-order valence-corrected chi connectivity index (χ0v) is 8.63. The van der Waals surface area contributed by atoms with E-state index in [-0.39, 0.29) is 0 Å². The van der Waals surface area contributed by atoms with Crippen LogP contribution in [0, 0.1) is 6.92 Å². The second kappa shape index (κ2) is 12.7. The summed E-state index contributed by atoms with van der Waals surface area (Å²) in [6.45, 7) is 5.93. The Labute approximate surface area is 75.3 Å². The molecule has 0 bridgehead atoms. The first-order chi connectivity index (χ1) is 5.81. The summed E-state index contributed by atoms with van der Waals surface area (Å²) in [6, 6.07) is 1.86. The van der Waals surface area contributed by atoms with Crippen LogP contribution in [0.2, 0.25) is 0 Å². The van der Waals surface area contributed by atoms with E-state index in [4.69, 9.17) is 0 Å². The first-order valence-electron chi connectivity index (χ1n) is 4.12. The van der Waals surface area contributed by atoms with Gasteiger partial charge in [0.25, 0.3) is 0 Å². The van der Waals surface area contributed by atoms with Gasteiger partial charge in [0.1, 0.15) is 6.33 Å². The summed E-state index contributed by atoms with van der Waals surface area (Å²) >= 11 is 0. The quantitative estimate of drug-likeness (QED) is 0.641. The van der Waals surface area contributed by atoms with E-state index < -0.39 is 0 Å². The lowest BCUT2D eigenvalue weighted by Crippen LogP contribution is -1.89. The fourth-order valence-corrected chi connectivity index (χ4v) is 0.357. The van der Waals surface area contributed by atoms with Crippen LogP contribution in [0.3, 0.4) is 0 Å². The lowest BCUT2D eigenvalue weighted by molar-refractivity contribution is 1.02. The molecule has 0 unspecified atom stereocenters. The predicted molar refractivity (Wildman–Crippen MR) is 53.1 cm³/mol. The fourth-order valence-electron chi connectivity index (χ4n) is 0.357. The van der Waals surface area contributed by atoms with Gasteiger partial charge in [0.05, 0.1) is 0 Å². The van der Waals surface area contributed by atoms with Crippen LogP contribution in [0.5, 0.6) is 0 Å². The number of aryl methyl sites for hydroxylation is 1. The Bertz CT molecular complexity index is 151. The zero-order chi connectivity index (χ0) is 9.82. The van der Waals surface area contributed by atoms with Crippen molar-refractivity contribution in [3.8, 4) is 0 Å². The third-order valence-corrected chi connectivity index (χ3v) is 0.730.